The van der Waals surface area contributed by atoms with Crippen molar-refractivity contribution >= 4 is 47.6 Å². The average Bonchev–Trinajstić information content (AvgIpc) is 4.39. The number of amides is 2. The fraction of sp³-hybridized carbons (Fsp3) is 0.333. The Morgan fingerprint density at radius 1 is 0.628 bits per heavy atom. The number of rotatable bonds is 10. The van der Waals surface area contributed by atoms with Crippen LogP contribution in [0.2, 0.25) is 5.15 Å². The van der Waals surface area contributed by atoms with Crippen LogP contribution in [0, 0.1) is 36.5 Å². The highest BCUT2D eigenvalue weighted by Gasteiger charge is 2.55. The number of alkyl halides is 4. The summed E-state index contributed by atoms with van der Waals surface area (Å²) in [6, 6.07) is 25.6. The van der Waals surface area contributed by atoms with Crippen LogP contribution < -0.4 is 46.2 Å². The first-order valence-electron chi connectivity index (χ1n) is 24.3. The number of hydrogen-bond acceptors (Lipinski definition) is 14. The molecule has 5 aliphatic rings. The maximum atomic E-state index is 13.4. The van der Waals surface area contributed by atoms with Gasteiger partial charge in [-0.05, 0) is 137 Å². The molecule has 0 unspecified atom stereocenters. The van der Waals surface area contributed by atoms with E-state index in [0.29, 0.717) is 64.9 Å². The van der Waals surface area contributed by atoms with Gasteiger partial charge in [0.25, 0.3) is 11.1 Å². The molecule has 4 aromatic heterocycles. The average molecular weight is 1090 g/mol. The number of carbonyl (C=O) groups excluding carboxylic acids is 2. The van der Waals surface area contributed by atoms with Crippen LogP contribution >= 0.6 is 11.6 Å². The van der Waals surface area contributed by atoms with Gasteiger partial charge in [0.2, 0.25) is 11.8 Å². The van der Waals surface area contributed by atoms with Crippen LogP contribution in [-0.4, -0.2) is 61.8 Å². The third-order valence-electron chi connectivity index (χ3n) is 14.2. The van der Waals surface area contributed by atoms with E-state index < -0.39 is 41.7 Å². The van der Waals surface area contributed by atoms with E-state index in [-0.39, 0.29) is 59.0 Å². The number of carbonyl (C=O) groups is 2. The number of nitrogens with zero attached hydrogens (tertiary/aromatic N) is 6. The molecule has 2 amide bonds. The summed E-state index contributed by atoms with van der Waals surface area (Å²) in [6.07, 6.45) is -1.92. The second-order valence-electron chi connectivity index (χ2n) is 20.1. The molecule has 18 nitrogen and oxygen atoms in total. The first kappa shape index (κ1) is 54.5. The summed E-state index contributed by atoms with van der Waals surface area (Å²) in [4.78, 5) is 58.0. The molecule has 2 aliphatic carbocycles. The largest absolute Gasteiger partial charge is 0.586 e. The van der Waals surface area contributed by atoms with Gasteiger partial charge in [0.1, 0.15) is 29.9 Å². The number of ether oxygens (including phenoxy) is 4. The van der Waals surface area contributed by atoms with Crippen molar-refractivity contribution in [3.05, 3.63) is 145 Å². The molecule has 24 heteroatoms. The first-order valence-corrected chi connectivity index (χ1v) is 24.7. The highest BCUT2D eigenvalue weighted by atomic mass is 35.5. The Bertz CT molecular complexity index is 3590. The fourth-order valence-corrected chi connectivity index (χ4v) is 8.87. The van der Waals surface area contributed by atoms with Gasteiger partial charge in [-0.25, -0.2) is 9.97 Å². The molecule has 2 saturated carbocycles. The van der Waals surface area contributed by atoms with Gasteiger partial charge < -0.3 is 48.0 Å². The molecule has 11 rings (SSSR count). The Hall–Kier alpha value is -8.25. The van der Waals surface area contributed by atoms with E-state index in [1.165, 1.54) is 45.5 Å². The molecule has 0 bridgehead atoms. The number of nitrogens with one attached hydrogen (secondary N) is 2. The number of anilines is 2. The van der Waals surface area contributed by atoms with E-state index in [2.05, 4.69) is 39.5 Å². The Morgan fingerprint density at radius 3 is 1.55 bits per heavy atom. The monoisotopic (exact) mass is 1090 g/mol. The quantitative estimate of drug-likeness (QED) is 0.0745. The van der Waals surface area contributed by atoms with Crippen LogP contribution in [0.3, 0.4) is 0 Å². The lowest BCUT2D eigenvalue weighted by molar-refractivity contribution is -0.287. The maximum Gasteiger partial charge on any atom is 0.586 e. The molecule has 402 valence electrons. The molecular weight excluding hydrogens is 1040 g/mol. The SMILES string of the molecule is CC1(C)OB(c2ccc(=O)n(CC#N)c2)OC1(C)C.Cc1ccc(NC(=O)C2(c3ccc4c(c3)OC(F)(F)O4)CC2)nc1-c1ccc(=O)n(CC#N)c1.Cc1ccc(NC(=O)C2(c3ccc4c(c3)OC(F)(F)O4)CC2)nc1Cl. The summed E-state index contributed by atoms with van der Waals surface area (Å²) >= 11 is 5.97. The zero-order chi connectivity index (χ0) is 56.2. The molecule has 0 atom stereocenters. The minimum absolute atomic E-state index is 0.0200. The van der Waals surface area contributed by atoms with Gasteiger partial charge in [-0.3, -0.25) is 19.2 Å². The number of aromatic nitrogens is 4. The number of halogens is 5. The standard InChI is InChI=1S/C24H18F2N4O4.C17H13ClF2N2O3.C13H17BN2O3/c1-14-2-6-19(28-21(14)15-3-7-20(31)30(13-15)11-10-27)29-22(32)23(8-9-23)16-4-5-17-18(12-16)34-24(25,26)33-17;1-9-2-5-13(21-14(9)18)22-15(23)16(6-7-16)10-3-4-11-12(8-10)25-17(19,20)24-11;1-12(2)13(3,4)19-14(18-12)10-5-6-11(17)16(9-10)8-7-15/h2-7,12-13H,8-9,11H2,1H3,(H,28,29,32);2-5,8H,6-7H2,1H3,(H,21,22,23);5-6,9H,8H2,1-4H3. The van der Waals surface area contributed by atoms with Crippen LogP contribution in [0.15, 0.2) is 107 Å². The lowest BCUT2D eigenvalue weighted by Gasteiger charge is -2.32. The summed E-state index contributed by atoms with van der Waals surface area (Å²) < 4.78 is 85.3. The summed E-state index contributed by atoms with van der Waals surface area (Å²) in [5.74, 6) is -0.214. The minimum atomic E-state index is -3.72. The van der Waals surface area contributed by atoms with Crippen molar-refractivity contribution in [3.8, 4) is 46.4 Å². The molecule has 7 heterocycles. The van der Waals surface area contributed by atoms with Gasteiger partial charge in [0.05, 0.1) is 39.9 Å². The van der Waals surface area contributed by atoms with Crippen molar-refractivity contribution in [1.29, 1.82) is 10.5 Å². The Labute approximate surface area is 448 Å². The number of fused-ring (bicyclic) bond motifs is 2. The van der Waals surface area contributed by atoms with Crippen LogP contribution in [0.25, 0.3) is 11.3 Å². The zero-order valence-corrected chi connectivity index (χ0v) is 43.5. The van der Waals surface area contributed by atoms with E-state index in [0.717, 1.165) is 16.6 Å². The lowest BCUT2D eigenvalue weighted by atomic mass is 9.80. The molecule has 3 fully saturated rings. The maximum absolute atomic E-state index is 13.4. The Kier molecular flexibility index (Phi) is 14.2. The zero-order valence-electron chi connectivity index (χ0n) is 42.7. The molecular formula is C54H48BClF4N8O10. The van der Waals surface area contributed by atoms with Crippen LogP contribution in [0.1, 0.15) is 75.6 Å². The third-order valence-corrected chi connectivity index (χ3v) is 14.5. The lowest BCUT2D eigenvalue weighted by Crippen LogP contribution is -2.41. The summed E-state index contributed by atoms with van der Waals surface area (Å²) in [5.41, 5.74) is 1.69. The number of benzene rings is 2. The number of nitriles is 2. The van der Waals surface area contributed by atoms with Gasteiger partial charge in [0, 0.05) is 30.1 Å². The third kappa shape index (κ3) is 11.1. The molecule has 2 N–H and O–H groups in total. The van der Waals surface area contributed by atoms with Gasteiger partial charge in [-0.2, -0.15) is 10.5 Å². The van der Waals surface area contributed by atoms with Crippen LogP contribution in [-0.2, 0) is 42.8 Å². The van der Waals surface area contributed by atoms with E-state index in [4.69, 9.17) is 31.4 Å². The van der Waals surface area contributed by atoms with E-state index in [1.807, 2.05) is 53.7 Å². The Morgan fingerprint density at radius 2 is 1.08 bits per heavy atom. The molecule has 1 saturated heterocycles. The van der Waals surface area contributed by atoms with E-state index in [9.17, 15) is 36.7 Å². The molecule has 2 aromatic carbocycles. The summed E-state index contributed by atoms with van der Waals surface area (Å²) in [7, 11) is -0.518. The smallest absolute Gasteiger partial charge is 0.399 e. The molecule has 0 radical (unpaired) electrons. The summed E-state index contributed by atoms with van der Waals surface area (Å²) in [5, 5.41) is 23.5. The van der Waals surface area contributed by atoms with Crippen molar-refractivity contribution in [2.75, 3.05) is 10.6 Å². The Balaban J connectivity index is 0.000000149. The minimum Gasteiger partial charge on any atom is -0.399 e. The highest BCUT2D eigenvalue weighted by Crippen LogP contribution is 2.54. The summed E-state index contributed by atoms with van der Waals surface area (Å²) in [6.45, 7) is 11.5. The van der Waals surface area contributed by atoms with Crippen molar-refractivity contribution in [3.63, 3.8) is 0 Å². The van der Waals surface area contributed by atoms with Crippen molar-refractivity contribution in [1.82, 2.24) is 19.1 Å². The first-order chi connectivity index (χ1) is 36.8. The molecule has 0 spiro atoms. The number of hydrogen-bond donors (Lipinski definition) is 2. The second-order valence-corrected chi connectivity index (χ2v) is 20.5. The van der Waals surface area contributed by atoms with E-state index in [1.54, 1.807) is 60.9 Å². The van der Waals surface area contributed by atoms with Crippen molar-refractivity contribution in [2.24, 2.45) is 0 Å². The highest BCUT2D eigenvalue weighted by molar-refractivity contribution is 6.62. The van der Waals surface area contributed by atoms with Gasteiger partial charge >= 0.3 is 19.7 Å². The topological polar surface area (TPSA) is 231 Å². The van der Waals surface area contributed by atoms with Gasteiger partial charge in [0.15, 0.2) is 23.0 Å². The number of aryl methyl sites for hydroxylation is 2. The van der Waals surface area contributed by atoms with E-state index >= 15 is 0 Å². The van der Waals surface area contributed by atoms with Crippen LogP contribution in [0.5, 0.6) is 23.0 Å². The molecule has 6 aromatic rings. The number of pyridine rings is 4. The molecule has 78 heavy (non-hydrogen) atoms. The van der Waals surface area contributed by atoms with Gasteiger partial charge in [-0.1, -0.05) is 41.9 Å². The van der Waals surface area contributed by atoms with Crippen LogP contribution in [0.4, 0.5) is 29.2 Å². The van der Waals surface area contributed by atoms with Gasteiger partial charge in [-0.15, -0.1) is 17.6 Å². The second kappa shape index (κ2) is 20.3. The fourth-order valence-electron chi connectivity index (χ4n) is 8.71. The van der Waals surface area contributed by atoms with Crippen molar-refractivity contribution in [2.45, 2.75) is 115 Å². The predicted molar refractivity (Wildman–Crippen MR) is 275 cm³/mol. The predicted octanol–water partition coefficient (Wildman–Crippen LogP) is 8.44. The molecule has 3 aliphatic heterocycles. The normalized spacial score (nSPS) is 18.1. The van der Waals surface area contributed by atoms with Crippen molar-refractivity contribution < 1.29 is 55.4 Å².